The van der Waals surface area contributed by atoms with Crippen LogP contribution in [0.1, 0.15) is 35.0 Å². The predicted molar refractivity (Wildman–Crippen MR) is 87.7 cm³/mol. The molecule has 0 spiro atoms. The molecule has 0 fully saturated rings. The summed E-state index contributed by atoms with van der Waals surface area (Å²) >= 11 is 0. The van der Waals surface area contributed by atoms with E-state index in [4.69, 9.17) is 8.83 Å². The smallest absolute Gasteiger partial charge is 0.289 e. The van der Waals surface area contributed by atoms with Gasteiger partial charge >= 0.3 is 0 Å². The van der Waals surface area contributed by atoms with Crippen LogP contribution >= 0.6 is 0 Å². The number of carbonyl (C=O) groups excluding carboxylic acids is 1. The van der Waals surface area contributed by atoms with E-state index in [9.17, 15) is 9.59 Å². The molecule has 0 aromatic carbocycles. The molecule has 1 atom stereocenters. The molecule has 6 heteroatoms. The Morgan fingerprint density at radius 1 is 1.21 bits per heavy atom. The number of furan rings is 2. The highest BCUT2D eigenvalue weighted by molar-refractivity contribution is 5.91. The van der Waals surface area contributed by atoms with E-state index in [0.717, 1.165) is 0 Å². The van der Waals surface area contributed by atoms with Gasteiger partial charge in [0.25, 0.3) is 11.5 Å². The zero-order chi connectivity index (χ0) is 17.1. The van der Waals surface area contributed by atoms with Crippen molar-refractivity contribution in [1.82, 2.24) is 9.47 Å². The van der Waals surface area contributed by atoms with Gasteiger partial charge in [0.1, 0.15) is 11.5 Å². The van der Waals surface area contributed by atoms with Gasteiger partial charge in [0.2, 0.25) is 0 Å². The lowest BCUT2D eigenvalue weighted by Crippen LogP contribution is -2.29. The average molecular weight is 326 g/mol. The summed E-state index contributed by atoms with van der Waals surface area (Å²) in [5.41, 5.74) is -0.120. The topological polar surface area (TPSA) is 68.6 Å². The first-order chi connectivity index (χ1) is 11.6. The summed E-state index contributed by atoms with van der Waals surface area (Å²) in [6.45, 7) is 2.16. The fraction of sp³-hybridized carbons (Fsp3) is 0.222. The van der Waals surface area contributed by atoms with Gasteiger partial charge in [-0.05, 0) is 37.3 Å². The van der Waals surface area contributed by atoms with Crippen LogP contribution in [0.25, 0.3) is 0 Å². The molecular formula is C18H18N2O4. The molecule has 0 aliphatic carbocycles. The largest absolute Gasteiger partial charge is 0.467 e. The van der Waals surface area contributed by atoms with Gasteiger partial charge in [0.05, 0.1) is 18.8 Å². The van der Waals surface area contributed by atoms with E-state index in [-0.39, 0.29) is 29.8 Å². The Balaban J connectivity index is 1.74. The first kappa shape index (κ1) is 15.9. The third kappa shape index (κ3) is 3.17. The van der Waals surface area contributed by atoms with Gasteiger partial charge in [-0.25, -0.2) is 0 Å². The molecule has 0 aliphatic rings. The van der Waals surface area contributed by atoms with Gasteiger partial charge in [0.15, 0.2) is 5.76 Å². The molecule has 0 saturated carbocycles. The minimum Gasteiger partial charge on any atom is -0.467 e. The summed E-state index contributed by atoms with van der Waals surface area (Å²) in [7, 11) is 1.69. The van der Waals surface area contributed by atoms with E-state index in [0.29, 0.717) is 11.5 Å². The molecule has 3 rings (SSSR count). The number of pyridine rings is 1. The maximum absolute atomic E-state index is 12.5. The van der Waals surface area contributed by atoms with Gasteiger partial charge in [0, 0.05) is 19.3 Å². The molecule has 0 radical (unpaired) electrons. The Labute approximate surface area is 138 Å². The Kier molecular flexibility index (Phi) is 4.37. The maximum atomic E-state index is 12.5. The van der Waals surface area contributed by atoms with E-state index in [1.54, 1.807) is 54.7 Å². The van der Waals surface area contributed by atoms with Crippen LogP contribution < -0.4 is 5.56 Å². The Hall–Kier alpha value is -3.02. The van der Waals surface area contributed by atoms with Gasteiger partial charge in [-0.2, -0.15) is 0 Å². The molecule has 3 aromatic rings. The van der Waals surface area contributed by atoms with Gasteiger partial charge < -0.3 is 18.3 Å². The maximum Gasteiger partial charge on any atom is 0.289 e. The lowest BCUT2D eigenvalue weighted by molar-refractivity contribution is 0.0692. The molecule has 124 valence electrons. The minimum atomic E-state index is -0.245. The second kappa shape index (κ2) is 6.62. The molecule has 1 amide bonds. The molecule has 0 saturated heterocycles. The fourth-order valence-corrected chi connectivity index (χ4v) is 2.41. The SMILES string of the molecule is CC(c1ccco1)N(C)C(=O)c1ccc(Cn2ccccc2=O)o1. The molecule has 6 nitrogen and oxygen atoms in total. The molecule has 0 aliphatic heterocycles. The van der Waals surface area contributed by atoms with Crippen LogP contribution in [0.4, 0.5) is 0 Å². The molecule has 0 bridgehead atoms. The minimum absolute atomic E-state index is 0.120. The highest BCUT2D eigenvalue weighted by Crippen LogP contribution is 2.21. The molecule has 24 heavy (non-hydrogen) atoms. The Morgan fingerprint density at radius 3 is 2.75 bits per heavy atom. The predicted octanol–water partition coefficient (Wildman–Crippen LogP) is 2.92. The quantitative estimate of drug-likeness (QED) is 0.723. The Morgan fingerprint density at radius 2 is 2.04 bits per heavy atom. The Bertz CT molecular complexity index is 876. The first-order valence-electron chi connectivity index (χ1n) is 7.61. The summed E-state index contributed by atoms with van der Waals surface area (Å²) < 4.78 is 12.5. The number of hydrogen-bond donors (Lipinski definition) is 0. The second-order valence-electron chi connectivity index (χ2n) is 5.54. The molecule has 3 heterocycles. The fourth-order valence-electron chi connectivity index (χ4n) is 2.41. The van der Waals surface area contributed by atoms with E-state index in [1.807, 2.05) is 13.0 Å². The highest BCUT2D eigenvalue weighted by Gasteiger charge is 2.23. The number of hydrogen-bond acceptors (Lipinski definition) is 4. The van der Waals surface area contributed by atoms with Crippen molar-refractivity contribution in [2.75, 3.05) is 7.05 Å². The molecule has 0 N–H and O–H groups in total. The van der Waals surface area contributed by atoms with Crippen LogP contribution in [0.3, 0.4) is 0 Å². The van der Waals surface area contributed by atoms with Crippen LogP contribution in [-0.2, 0) is 6.54 Å². The van der Waals surface area contributed by atoms with Crippen molar-refractivity contribution in [2.45, 2.75) is 19.5 Å². The summed E-state index contributed by atoms with van der Waals surface area (Å²) in [6, 6.07) is 11.7. The zero-order valence-corrected chi connectivity index (χ0v) is 13.5. The van der Waals surface area contributed by atoms with Crippen LogP contribution in [0.2, 0.25) is 0 Å². The van der Waals surface area contributed by atoms with Crippen molar-refractivity contribution in [1.29, 1.82) is 0 Å². The summed E-state index contributed by atoms with van der Waals surface area (Å²) in [5.74, 6) is 1.24. The standard InChI is InChI=1S/C18H18N2O4/c1-13(15-6-5-11-23-15)19(2)18(22)16-9-8-14(24-16)12-20-10-4-3-7-17(20)21/h3-11,13H,12H2,1-2H3. The van der Waals surface area contributed by atoms with Crippen LogP contribution in [0.15, 0.2) is 68.6 Å². The third-order valence-corrected chi connectivity index (χ3v) is 3.95. The number of nitrogens with zero attached hydrogens (tertiary/aromatic N) is 2. The number of aromatic nitrogens is 1. The van der Waals surface area contributed by atoms with Gasteiger partial charge in [-0.1, -0.05) is 6.07 Å². The number of rotatable bonds is 5. The summed E-state index contributed by atoms with van der Waals surface area (Å²) in [4.78, 5) is 25.8. The number of amides is 1. The average Bonchev–Trinajstić information content (AvgIpc) is 3.26. The van der Waals surface area contributed by atoms with Crippen LogP contribution in [0.5, 0.6) is 0 Å². The van der Waals surface area contributed by atoms with E-state index >= 15 is 0 Å². The van der Waals surface area contributed by atoms with Crippen molar-refractivity contribution in [3.63, 3.8) is 0 Å². The van der Waals surface area contributed by atoms with E-state index < -0.39 is 0 Å². The van der Waals surface area contributed by atoms with Crippen LogP contribution in [0, 0.1) is 0 Å². The summed E-state index contributed by atoms with van der Waals surface area (Å²) in [5, 5.41) is 0. The number of carbonyl (C=O) groups is 1. The van der Waals surface area contributed by atoms with Crippen molar-refractivity contribution in [2.24, 2.45) is 0 Å². The summed E-state index contributed by atoms with van der Waals surface area (Å²) in [6.07, 6.45) is 3.25. The second-order valence-corrected chi connectivity index (χ2v) is 5.54. The normalized spacial score (nSPS) is 12.1. The van der Waals surface area contributed by atoms with Crippen molar-refractivity contribution in [3.8, 4) is 0 Å². The third-order valence-electron chi connectivity index (χ3n) is 3.95. The first-order valence-corrected chi connectivity index (χ1v) is 7.61. The van der Waals surface area contributed by atoms with Gasteiger partial charge in [-0.3, -0.25) is 9.59 Å². The van der Waals surface area contributed by atoms with E-state index in [1.165, 1.54) is 10.6 Å². The lowest BCUT2D eigenvalue weighted by atomic mass is 10.2. The van der Waals surface area contributed by atoms with Gasteiger partial charge in [-0.15, -0.1) is 0 Å². The zero-order valence-electron chi connectivity index (χ0n) is 13.5. The highest BCUT2D eigenvalue weighted by atomic mass is 16.4. The molecule has 3 aromatic heterocycles. The molecule has 1 unspecified atom stereocenters. The van der Waals surface area contributed by atoms with E-state index in [2.05, 4.69) is 0 Å². The van der Waals surface area contributed by atoms with Crippen LogP contribution in [-0.4, -0.2) is 22.4 Å². The lowest BCUT2D eigenvalue weighted by Gasteiger charge is -2.22. The van der Waals surface area contributed by atoms with Crippen molar-refractivity contribution < 1.29 is 13.6 Å². The van der Waals surface area contributed by atoms with Crippen molar-refractivity contribution in [3.05, 3.63) is 82.6 Å². The molecular weight excluding hydrogens is 308 g/mol. The monoisotopic (exact) mass is 326 g/mol. The van der Waals surface area contributed by atoms with Crippen molar-refractivity contribution >= 4 is 5.91 Å².